The number of allylic oxidation sites excluding steroid dienone is 1. The number of rotatable bonds is 7. The highest BCUT2D eigenvalue weighted by molar-refractivity contribution is 5.91. The van der Waals surface area contributed by atoms with Gasteiger partial charge in [-0.15, -0.1) is 0 Å². The fraction of sp³-hybridized carbons (Fsp3) is 0.424. The predicted octanol–water partition coefficient (Wildman–Crippen LogP) is 5.58. The SMILES string of the molecule is Cc1ccc2c(NC3=CC[C@@](C)(NC(=O)C4CCN(Cc5ccccc5)CC4)C=C3)nc(N3CCCC3)nc2c1. The smallest absolute Gasteiger partial charge is 0.227 e. The van der Waals surface area contributed by atoms with Crippen LogP contribution in [-0.4, -0.2) is 52.5 Å². The molecule has 1 aromatic heterocycles. The molecule has 0 unspecified atom stereocenters. The van der Waals surface area contributed by atoms with Crippen molar-refractivity contribution in [1.82, 2.24) is 20.2 Å². The number of nitrogens with one attached hydrogen (secondary N) is 2. The first-order chi connectivity index (χ1) is 19.4. The minimum absolute atomic E-state index is 0.0700. The predicted molar refractivity (Wildman–Crippen MR) is 162 cm³/mol. The number of aryl methyl sites for hydroxylation is 1. The van der Waals surface area contributed by atoms with Gasteiger partial charge in [-0.1, -0.05) is 48.6 Å². The maximum Gasteiger partial charge on any atom is 0.227 e. The third-order valence-electron chi connectivity index (χ3n) is 8.49. The largest absolute Gasteiger partial charge is 0.347 e. The maximum atomic E-state index is 13.2. The molecule has 1 amide bonds. The van der Waals surface area contributed by atoms with E-state index in [2.05, 4.69) is 101 Å². The van der Waals surface area contributed by atoms with Crippen LogP contribution < -0.4 is 15.5 Å². The molecule has 1 aliphatic carbocycles. The monoisotopic (exact) mass is 536 g/mol. The Morgan fingerprint density at radius 3 is 2.52 bits per heavy atom. The molecule has 0 saturated carbocycles. The number of carbonyl (C=O) groups excluding carboxylic acids is 1. The number of hydrogen-bond acceptors (Lipinski definition) is 6. The van der Waals surface area contributed by atoms with Crippen LogP contribution in [0.25, 0.3) is 10.9 Å². The molecule has 6 rings (SSSR count). The first kappa shape index (κ1) is 26.5. The van der Waals surface area contributed by atoms with E-state index in [9.17, 15) is 4.79 Å². The molecule has 2 saturated heterocycles. The van der Waals surface area contributed by atoms with Crippen LogP contribution in [0.15, 0.2) is 72.5 Å². The van der Waals surface area contributed by atoms with Crippen molar-refractivity contribution in [2.75, 3.05) is 36.4 Å². The van der Waals surface area contributed by atoms with E-state index in [4.69, 9.17) is 9.97 Å². The molecule has 3 aliphatic rings. The number of hydrogen-bond donors (Lipinski definition) is 2. The number of likely N-dealkylation sites (tertiary alicyclic amines) is 1. The number of fused-ring (bicyclic) bond motifs is 1. The Labute approximate surface area is 237 Å². The second kappa shape index (κ2) is 11.4. The van der Waals surface area contributed by atoms with E-state index in [0.717, 1.165) is 80.4 Å². The normalized spacial score (nSPS) is 21.9. The fourth-order valence-corrected chi connectivity index (χ4v) is 6.01. The van der Waals surface area contributed by atoms with Crippen molar-refractivity contribution in [2.45, 2.75) is 58.0 Å². The van der Waals surface area contributed by atoms with Crippen LogP contribution in [0.4, 0.5) is 11.8 Å². The van der Waals surface area contributed by atoms with Gasteiger partial charge in [0.1, 0.15) is 5.82 Å². The Morgan fingerprint density at radius 2 is 1.80 bits per heavy atom. The van der Waals surface area contributed by atoms with Crippen LogP contribution in [0, 0.1) is 12.8 Å². The number of piperidine rings is 1. The minimum Gasteiger partial charge on any atom is -0.347 e. The van der Waals surface area contributed by atoms with Gasteiger partial charge in [0.15, 0.2) is 0 Å². The molecule has 7 heteroatoms. The lowest BCUT2D eigenvalue weighted by Gasteiger charge is -2.35. The standard InChI is InChI=1S/C33H40N6O/c1-24-10-11-28-29(22-24)35-32(39-18-6-7-19-39)36-30(28)34-27-12-16-33(2,17-13-27)37-31(40)26-14-20-38(21-15-26)23-25-8-4-3-5-9-25/h3-5,8-13,16,22,26H,6-7,14-15,17-21,23H2,1-2H3,(H,37,40)(H,34,35,36)/t33-/m0/s1. The summed E-state index contributed by atoms with van der Waals surface area (Å²) >= 11 is 0. The topological polar surface area (TPSA) is 73.4 Å². The summed E-state index contributed by atoms with van der Waals surface area (Å²) in [6, 6.07) is 16.9. The highest BCUT2D eigenvalue weighted by Gasteiger charge is 2.31. The average Bonchev–Trinajstić information content (AvgIpc) is 3.50. The molecule has 0 spiro atoms. The Bertz CT molecular complexity index is 1420. The summed E-state index contributed by atoms with van der Waals surface area (Å²) in [6.45, 7) is 9.08. The molecule has 0 bridgehead atoms. The van der Waals surface area contributed by atoms with Gasteiger partial charge in [-0.2, -0.15) is 4.98 Å². The molecule has 2 fully saturated rings. The maximum absolute atomic E-state index is 13.2. The van der Waals surface area contributed by atoms with E-state index in [1.54, 1.807) is 0 Å². The summed E-state index contributed by atoms with van der Waals surface area (Å²) in [4.78, 5) is 27.8. The number of amides is 1. The van der Waals surface area contributed by atoms with Crippen LogP contribution in [0.5, 0.6) is 0 Å². The summed E-state index contributed by atoms with van der Waals surface area (Å²) in [5.74, 6) is 1.87. The Morgan fingerprint density at radius 1 is 1.02 bits per heavy atom. The van der Waals surface area contributed by atoms with E-state index in [0.29, 0.717) is 0 Å². The van der Waals surface area contributed by atoms with E-state index in [1.807, 2.05) is 0 Å². The molecule has 7 nitrogen and oxygen atoms in total. The van der Waals surface area contributed by atoms with Gasteiger partial charge in [0, 0.05) is 36.6 Å². The molecule has 2 N–H and O–H groups in total. The van der Waals surface area contributed by atoms with E-state index in [1.165, 1.54) is 24.0 Å². The molecule has 2 aliphatic heterocycles. The van der Waals surface area contributed by atoms with Gasteiger partial charge < -0.3 is 15.5 Å². The molecule has 2 aromatic carbocycles. The lowest BCUT2D eigenvalue weighted by Crippen LogP contribution is -2.49. The zero-order chi connectivity index (χ0) is 27.5. The van der Waals surface area contributed by atoms with Crippen molar-refractivity contribution < 1.29 is 4.79 Å². The summed E-state index contributed by atoms with van der Waals surface area (Å²) in [5, 5.41) is 7.93. The summed E-state index contributed by atoms with van der Waals surface area (Å²) in [7, 11) is 0. The Balaban J connectivity index is 1.07. The molecular formula is C33H40N6O. The number of carbonyl (C=O) groups is 1. The van der Waals surface area contributed by atoms with Crippen LogP contribution >= 0.6 is 0 Å². The van der Waals surface area contributed by atoms with Gasteiger partial charge in [-0.25, -0.2) is 4.98 Å². The summed E-state index contributed by atoms with van der Waals surface area (Å²) in [6.07, 6.45) is 11.3. The zero-order valence-corrected chi connectivity index (χ0v) is 23.7. The quantitative estimate of drug-likeness (QED) is 0.411. The van der Waals surface area contributed by atoms with Crippen molar-refractivity contribution in [3.05, 3.63) is 83.6 Å². The first-order valence-electron chi connectivity index (χ1n) is 14.7. The van der Waals surface area contributed by atoms with Crippen LogP contribution in [0.3, 0.4) is 0 Å². The number of nitrogens with zero attached hydrogens (tertiary/aromatic N) is 4. The van der Waals surface area contributed by atoms with Crippen molar-refractivity contribution in [3.8, 4) is 0 Å². The average molecular weight is 537 g/mol. The minimum atomic E-state index is -0.394. The van der Waals surface area contributed by atoms with E-state index < -0.39 is 5.54 Å². The molecule has 1 atom stereocenters. The molecule has 208 valence electrons. The Kier molecular flexibility index (Phi) is 7.57. The van der Waals surface area contributed by atoms with Crippen molar-refractivity contribution in [1.29, 1.82) is 0 Å². The molecule has 3 aromatic rings. The van der Waals surface area contributed by atoms with Gasteiger partial charge in [-0.05, 0) is 88.4 Å². The van der Waals surface area contributed by atoms with Crippen LogP contribution in [0.1, 0.15) is 50.2 Å². The fourth-order valence-electron chi connectivity index (χ4n) is 6.01. The van der Waals surface area contributed by atoms with Gasteiger partial charge in [-0.3, -0.25) is 9.69 Å². The number of anilines is 2. The van der Waals surface area contributed by atoms with Crippen LogP contribution in [-0.2, 0) is 11.3 Å². The zero-order valence-electron chi connectivity index (χ0n) is 23.7. The summed E-state index contributed by atoms with van der Waals surface area (Å²) in [5.41, 5.74) is 4.09. The van der Waals surface area contributed by atoms with Crippen molar-refractivity contribution >= 4 is 28.6 Å². The lowest BCUT2D eigenvalue weighted by atomic mass is 9.89. The highest BCUT2D eigenvalue weighted by Crippen LogP contribution is 2.29. The molecule has 40 heavy (non-hydrogen) atoms. The lowest BCUT2D eigenvalue weighted by molar-refractivity contribution is -0.127. The van der Waals surface area contributed by atoms with Crippen molar-refractivity contribution in [2.24, 2.45) is 5.92 Å². The van der Waals surface area contributed by atoms with Crippen LogP contribution in [0.2, 0.25) is 0 Å². The van der Waals surface area contributed by atoms with E-state index >= 15 is 0 Å². The van der Waals surface area contributed by atoms with Crippen molar-refractivity contribution in [3.63, 3.8) is 0 Å². The second-order valence-electron chi connectivity index (χ2n) is 11.9. The van der Waals surface area contributed by atoms with Gasteiger partial charge >= 0.3 is 0 Å². The molecule has 3 heterocycles. The molecular weight excluding hydrogens is 496 g/mol. The van der Waals surface area contributed by atoms with E-state index in [-0.39, 0.29) is 11.8 Å². The third-order valence-corrected chi connectivity index (χ3v) is 8.49. The second-order valence-corrected chi connectivity index (χ2v) is 11.9. The van der Waals surface area contributed by atoms with Gasteiger partial charge in [0.05, 0.1) is 11.1 Å². The van der Waals surface area contributed by atoms with Gasteiger partial charge in [0.2, 0.25) is 11.9 Å². The highest BCUT2D eigenvalue weighted by atomic mass is 16.2. The number of benzene rings is 2. The Hall–Kier alpha value is -3.71. The van der Waals surface area contributed by atoms with Gasteiger partial charge in [0.25, 0.3) is 0 Å². The molecule has 0 radical (unpaired) electrons. The first-order valence-corrected chi connectivity index (χ1v) is 14.7. The summed E-state index contributed by atoms with van der Waals surface area (Å²) < 4.78 is 0. The number of aromatic nitrogens is 2. The third kappa shape index (κ3) is 6.04.